The van der Waals surface area contributed by atoms with Crippen LogP contribution < -0.4 is 10.1 Å². The molecule has 4 aromatic rings. The van der Waals surface area contributed by atoms with Gasteiger partial charge in [0.2, 0.25) is 0 Å². The molecule has 0 unspecified atom stereocenters. The van der Waals surface area contributed by atoms with Gasteiger partial charge in [-0.15, -0.1) is 12.4 Å². The van der Waals surface area contributed by atoms with Gasteiger partial charge in [0.05, 0.1) is 16.2 Å². The monoisotopic (exact) mass is 411 g/mol. The van der Waals surface area contributed by atoms with Gasteiger partial charge < -0.3 is 10.1 Å². The van der Waals surface area contributed by atoms with Gasteiger partial charge in [-0.1, -0.05) is 29.8 Å². The zero-order valence-electron chi connectivity index (χ0n) is 15.4. The Bertz CT molecular complexity index is 1120. The van der Waals surface area contributed by atoms with Crippen LogP contribution >= 0.6 is 24.0 Å². The molecule has 0 atom stereocenters. The average Bonchev–Trinajstić information content (AvgIpc) is 2.66. The van der Waals surface area contributed by atoms with E-state index in [1.165, 1.54) is 11.1 Å². The van der Waals surface area contributed by atoms with E-state index in [-0.39, 0.29) is 12.4 Å². The lowest BCUT2D eigenvalue weighted by atomic mass is 10.1. The van der Waals surface area contributed by atoms with Crippen molar-refractivity contribution in [1.29, 1.82) is 0 Å². The van der Waals surface area contributed by atoms with Crippen molar-refractivity contribution in [2.45, 2.75) is 13.8 Å². The number of anilines is 2. The third-order valence-corrected chi connectivity index (χ3v) is 4.74. The highest BCUT2D eigenvalue weighted by molar-refractivity contribution is 6.33. The predicted molar refractivity (Wildman–Crippen MR) is 118 cm³/mol. The minimum absolute atomic E-state index is 0. The molecule has 0 fully saturated rings. The maximum atomic E-state index is 6.47. The van der Waals surface area contributed by atoms with Gasteiger partial charge in [0, 0.05) is 11.5 Å². The molecule has 6 heteroatoms. The Morgan fingerprint density at radius 1 is 0.857 bits per heavy atom. The molecule has 0 saturated carbocycles. The summed E-state index contributed by atoms with van der Waals surface area (Å²) in [4.78, 5) is 8.76. The van der Waals surface area contributed by atoms with E-state index < -0.39 is 0 Å². The number of aromatic nitrogens is 2. The SMILES string of the molecule is Cc1cc2ncnc(Nc3ccc(Oc4ccccc4)cc3Cl)c2cc1C.Cl. The lowest BCUT2D eigenvalue weighted by molar-refractivity contribution is 0.483. The van der Waals surface area contributed by atoms with Gasteiger partial charge >= 0.3 is 0 Å². The quantitative estimate of drug-likeness (QED) is 0.398. The first-order chi connectivity index (χ1) is 13.1. The summed E-state index contributed by atoms with van der Waals surface area (Å²) in [6, 6.07) is 19.3. The van der Waals surface area contributed by atoms with Crippen LogP contribution in [0.5, 0.6) is 11.5 Å². The highest BCUT2D eigenvalue weighted by Gasteiger charge is 2.09. The summed E-state index contributed by atoms with van der Waals surface area (Å²) in [7, 11) is 0. The fourth-order valence-corrected chi connectivity index (χ4v) is 3.05. The van der Waals surface area contributed by atoms with Gasteiger partial charge in [-0.05, 0) is 61.4 Å². The van der Waals surface area contributed by atoms with Crippen LogP contribution in [0.15, 0.2) is 67.0 Å². The van der Waals surface area contributed by atoms with Crippen LogP contribution in [-0.4, -0.2) is 9.97 Å². The average molecular weight is 412 g/mol. The topological polar surface area (TPSA) is 47.0 Å². The number of halogens is 2. The molecule has 0 aliphatic heterocycles. The fraction of sp³-hybridized carbons (Fsp3) is 0.0909. The smallest absolute Gasteiger partial charge is 0.141 e. The van der Waals surface area contributed by atoms with Crippen LogP contribution in [0.3, 0.4) is 0 Å². The number of rotatable bonds is 4. The third-order valence-electron chi connectivity index (χ3n) is 4.42. The molecule has 1 heterocycles. The highest BCUT2D eigenvalue weighted by Crippen LogP contribution is 2.33. The van der Waals surface area contributed by atoms with Crippen molar-refractivity contribution < 1.29 is 4.74 Å². The zero-order valence-corrected chi connectivity index (χ0v) is 17.0. The number of hydrogen-bond donors (Lipinski definition) is 1. The van der Waals surface area contributed by atoms with Crippen molar-refractivity contribution in [3.8, 4) is 11.5 Å². The minimum atomic E-state index is 0. The molecule has 0 radical (unpaired) electrons. The molecule has 28 heavy (non-hydrogen) atoms. The van der Waals surface area contributed by atoms with Gasteiger partial charge in [-0.3, -0.25) is 0 Å². The first-order valence-electron chi connectivity index (χ1n) is 8.61. The second-order valence-corrected chi connectivity index (χ2v) is 6.76. The van der Waals surface area contributed by atoms with Crippen LogP contribution in [0.4, 0.5) is 11.5 Å². The van der Waals surface area contributed by atoms with Gasteiger partial charge in [0.25, 0.3) is 0 Å². The van der Waals surface area contributed by atoms with Crippen LogP contribution in [0.25, 0.3) is 10.9 Å². The number of hydrogen-bond acceptors (Lipinski definition) is 4. The maximum Gasteiger partial charge on any atom is 0.141 e. The van der Waals surface area contributed by atoms with E-state index in [1.807, 2.05) is 42.5 Å². The van der Waals surface area contributed by atoms with Gasteiger partial charge in [-0.25, -0.2) is 9.97 Å². The standard InChI is InChI=1S/C22H18ClN3O.ClH/c1-14-10-18-21(11-15(14)2)24-13-25-22(18)26-20-9-8-17(12-19(20)23)27-16-6-4-3-5-7-16;/h3-13H,1-2H3,(H,24,25,26);1H. The Balaban J connectivity index is 0.00000225. The lowest BCUT2D eigenvalue weighted by Gasteiger charge is -2.12. The summed E-state index contributed by atoms with van der Waals surface area (Å²) >= 11 is 6.47. The normalized spacial score (nSPS) is 10.4. The van der Waals surface area contributed by atoms with Gasteiger partial charge in [0.1, 0.15) is 23.6 Å². The number of benzene rings is 3. The highest BCUT2D eigenvalue weighted by atomic mass is 35.5. The molecule has 0 aliphatic rings. The molecule has 0 amide bonds. The molecular weight excluding hydrogens is 393 g/mol. The molecular formula is C22H19Cl2N3O. The van der Waals surface area contributed by atoms with E-state index in [0.29, 0.717) is 10.8 Å². The van der Waals surface area contributed by atoms with Crippen molar-refractivity contribution in [3.05, 3.63) is 83.1 Å². The van der Waals surface area contributed by atoms with Crippen LogP contribution in [0.2, 0.25) is 5.02 Å². The Morgan fingerprint density at radius 2 is 1.61 bits per heavy atom. The molecule has 0 saturated heterocycles. The molecule has 4 nitrogen and oxygen atoms in total. The summed E-state index contributed by atoms with van der Waals surface area (Å²) in [5, 5.41) is 4.83. The van der Waals surface area contributed by atoms with E-state index in [2.05, 4.69) is 41.3 Å². The number of fused-ring (bicyclic) bond motifs is 1. The molecule has 3 aromatic carbocycles. The Kier molecular flexibility index (Phi) is 6.02. The van der Waals surface area contributed by atoms with E-state index in [0.717, 1.165) is 28.2 Å². The number of aryl methyl sites for hydroxylation is 2. The first kappa shape index (κ1) is 19.9. The fourth-order valence-electron chi connectivity index (χ4n) is 2.83. The van der Waals surface area contributed by atoms with Crippen LogP contribution in [0.1, 0.15) is 11.1 Å². The molecule has 142 valence electrons. The molecule has 0 bridgehead atoms. The second-order valence-electron chi connectivity index (χ2n) is 6.36. The van der Waals surface area contributed by atoms with Crippen molar-refractivity contribution in [2.75, 3.05) is 5.32 Å². The molecule has 1 aromatic heterocycles. The summed E-state index contributed by atoms with van der Waals surface area (Å²) in [5.74, 6) is 2.17. The number of nitrogens with one attached hydrogen (secondary N) is 1. The van der Waals surface area contributed by atoms with Crippen molar-refractivity contribution >= 4 is 46.4 Å². The molecule has 0 aliphatic carbocycles. The number of nitrogens with zero attached hydrogens (tertiary/aromatic N) is 2. The van der Waals surface area contributed by atoms with Crippen molar-refractivity contribution in [3.63, 3.8) is 0 Å². The second kappa shape index (κ2) is 8.46. The summed E-state index contributed by atoms with van der Waals surface area (Å²) in [6.45, 7) is 4.15. The Morgan fingerprint density at radius 3 is 2.36 bits per heavy atom. The van der Waals surface area contributed by atoms with E-state index in [4.69, 9.17) is 16.3 Å². The minimum Gasteiger partial charge on any atom is -0.457 e. The predicted octanol–water partition coefficient (Wildman–Crippen LogP) is 6.86. The zero-order chi connectivity index (χ0) is 18.8. The molecule has 0 spiro atoms. The van der Waals surface area contributed by atoms with E-state index in [1.54, 1.807) is 12.4 Å². The molecule has 4 rings (SSSR count). The first-order valence-corrected chi connectivity index (χ1v) is 8.99. The van der Waals surface area contributed by atoms with Crippen molar-refractivity contribution in [1.82, 2.24) is 9.97 Å². The van der Waals surface area contributed by atoms with Crippen LogP contribution in [0, 0.1) is 13.8 Å². The van der Waals surface area contributed by atoms with Crippen molar-refractivity contribution in [2.24, 2.45) is 0 Å². The number of ether oxygens (including phenoxy) is 1. The van der Waals surface area contributed by atoms with E-state index in [9.17, 15) is 0 Å². The summed E-state index contributed by atoms with van der Waals surface area (Å²) in [5.41, 5.74) is 4.05. The van der Waals surface area contributed by atoms with Crippen LogP contribution in [-0.2, 0) is 0 Å². The largest absolute Gasteiger partial charge is 0.457 e. The van der Waals surface area contributed by atoms with Gasteiger partial charge in [-0.2, -0.15) is 0 Å². The number of para-hydroxylation sites is 1. The third kappa shape index (κ3) is 4.19. The summed E-state index contributed by atoms with van der Waals surface area (Å²) in [6.07, 6.45) is 1.56. The Labute approximate surface area is 175 Å². The maximum absolute atomic E-state index is 6.47. The Hall–Kier alpha value is -2.82. The van der Waals surface area contributed by atoms with E-state index >= 15 is 0 Å². The lowest BCUT2D eigenvalue weighted by Crippen LogP contribution is -1.98. The summed E-state index contributed by atoms with van der Waals surface area (Å²) < 4.78 is 5.83. The van der Waals surface area contributed by atoms with Gasteiger partial charge in [0.15, 0.2) is 0 Å². The molecule has 1 N–H and O–H groups in total.